The van der Waals surface area contributed by atoms with Gasteiger partial charge >= 0.3 is 5.76 Å². The fourth-order valence-corrected chi connectivity index (χ4v) is 4.18. The number of rotatable bonds is 4. The van der Waals surface area contributed by atoms with Crippen molar-refractivity contribution in [3.8, 4) is 0 Å². The summed E-state index contributed by atoms with van der Waals surface area (Å²) in [6.45, 7) is 1.61. The largest absolute Gasteiger partial charge is 0.420 e. The summed E-state index contributed by atoms with van der Waals surface area (Å²) < 4.78 is 6.66. The molecule has 2 heterocycles. The molecule has 1 fully saturated rings. The first-order valence-corrected chi connectivity index (χ1v) is 9.32. The number of likely N-dealkylation sites (N-methyl/N-ethyl adjacent to an activating group) is 1. The molecule has 0 spiro atoms. The molecule has 0 bridgehead atoms. The minimum atomic E-state index is -0.474. The first-order valence-electron chi connectivity index (χ1n) is 8.16. The molecule has 6 nitrogen and oxygen atoms in total. The fraction of sp³-hybridized carbons (Fsp3) is 0.529. The molecule has 130 valence electrons. The molecule has 1 saturated heterocycles. The number of hydrogen-bond acceptors (Lipinski definition) is 5. The van der Waals surface area contributed by atoms with Crippen molar-refractivity contribution in [1.82, 2.24) is 14.4 Å². The summed E-state index contributed by atoms with van der Waals surface area (Å²) in [4.78, 5) is 29.0. The van der Waals surface area contributed by atoms with E-state index in [4.69, 9.17) is 4.42 Å². The predicted molar refractivity (Wildman–Crippen MR) is 96.5 cm³/mol. The van der Waals surface area contributed by atoms with Crippen LogP contribution in [-0.4, -0.2) is 65.0 Å². The monoisotopic (exact) mass is 349 g/mol. The van der Waals surface area contributed by atoms with Gasteiger partial charge in [-0.1, -0.05) is 12.1 Å². The Morgan fingerprint density at radius 2 is 2.17 bits per heavy atom. The van der Waals surface area contributed by atoms with Crippen molar-refractivity contribution in [2.24, 2.45) is 0 Å². The molecule has 1 atom stereocenters. The Morgan fingerprint density at radius 3 is 2.96 bits per heavy atom. The van der Waals surface area contributed by atoms with Gasteiger partial charge in [-0.3, -0.25) is 9.36 Å². The van der Waals surface area contributed by atoms with Gasteiger partial charge in [0.1, 0.15) is 6.54 Å². The van der Waals surface area contributed by atoms with Gasteiger partial charge in [-0.15, -0.1) is 0 Å². The Bertz CT molecular complexity index is 768. The molecule has 1 aliphatic heterocycles. The lowest BCUT2D eigenvalue weighted by molar-refractivity contribution is -0.134. The Morgan fingerprint density at radius 1 is 1.38 bits per heavy atom. The van der Waals surface area contributed by atoms with E-state index in [9.17, 15) is 9.59 Å². The van der Waals surface area contributed by atoms with Crippen LogP contribution in [0.4, 0.5) is 0 Å². The van der Waals surface area contributed by atoms with Crippen molar-refractivity contribution in [2.75, 3.05) is 38.7 Å². The molecule has 7 heteroatoms. The number of benzene rings is 1. The smallest absolute Gasteiger partial charge is 0.408 e. The van der Waals surface area contributed by atoms with Gasteiger partial charge in [0.25, 0.3) is 0 Å². The standard InChI is InChI=1S/C17H23N3O3S/c1-18(2)10-13-12-24-9-5-8-19(13)16(21)11-20-14-6-3-4-7-15(14)23-17(20)22/h3-4,6-7,13H,5,8-12H2,1-2H3/t13-/m1/s1. The van der Waals surface area contributed by atoms with E-state index < -0.39 is 5.76 Å². The maximum absolute atomic E-state index is 12.9. The van der Waals surface area contributed by atoms with Crippen LogP contribution in [0.2, 0.25) is 0 Å². The van der Waals surface area contributed by atoms with Crippen LogP contribution in [0.5, 0.6) is 0 Å². The average molecular weight is 349 g/mol. The normalized spacial score (nSPS) is 19.0. The highest BCUT2D eigenvalue weighted by Crippen LogP contribution is 2.18. The summed E-state index contributed by atoms with van der Waals surface area (Å²) in [6, 6.07) is 7.39. The van der Waals surface area contributed by atoms with E-state index >= 15 is 0 Å². The zero-order chi connectivity index (χ0) is 17.1. The molecule has 0 N–H and O–H groups in total. The SMILES string of the molecule is CN(C)C[C@@H]1CSCCCN1C(=O)Cn1c(=O)oc2ccccc21. The van der Waals surface area contributed by atoms with E-state index in [1.165, 1.54) is 4.57 Å². The van der Waals surface area contributed by atoms with Gasteiger partial charge in [-0.05, 0) is 38.4 Å². The summed E-state index contributed by atoms with van der Waals surface area (Å²) in [5.41, 5.74) is 1.19. The topological polar surface area (TPSA) is 58.7 Å². The van der Waals surface area contributed by atoms with Crippen molar-refractivity contribution < 1.29 is 9.21 Å². The summed E-state index contributed by atoms with van der Waals surface area (Å²) in [7, 11) is 4.04. The van der Waals surface area contributed by atoms with Gasteiger partial charge in [-0.25, -0.2) is 4.79 Å². The van der Waals surface area contributed by atoms with Crippen LogP contribution < -0.4 is 5.76 Å². The number of nitrogens with zero attached hydrogens (tertiary/aromatic N) is 3. The van der Waals surface area contributed by atoms with Crippen molar-refractivity contribution in [3.05, 3.63) is 34.8 Å². The number of aromatic nitrogens is 1. The Hall–Kier alpha value is -1.73. The first kappa shape index (κ1) is 17.1. The average Bonchev–Trinajstić information content (AvgIpc) is 2.71. The summed E-state index contributed by atoms with van der Waals surface area (Å²) in [5.74, 6) is 1.52. The van der Waals surface area contributed by atoms with Crippen molar-refractivity contribution >= 4 is 28.8 Å². The molecule has 1 aromatic heterocycles. The lowest BCUT2D eigenvalue weighted by atomic mass is 10.2. The highest BCUT2D eigenvalue weighted by molar-refractivity contribution is 7.99. The third kappa shape index (κ3) is 3.67. The van der Waals surface area contributed by atoms with Crippen molar-refractivity contribution in [1.29, 1.82) is 0 Å². The lowest BCUT2D eigenvalue weighted by Crippen LogP contribution is -2.48. The number of para-hydroxylation sites is 2. The number of carbonyl (C=O) groups excluding carboxylic acids is 1. The van der Waals surface area contributed by atoms with E-state index in [0.29, 0.717) is 11.1 Å². The zero-order valence-corrected chi connectivity index (χ0v) is 14.9. The molecule has 2 aromatic rings. The highest BCUT2D eigenvalue weighted by Gasteiger charge is 2.27. The van der Waals surface area contributed by atoms with Crippen LogP contribution in [0, 0.1) is 0 Å². The summed E-state index contributed by atoms with van der Waals surface area (Å²) >= 11 is 1.89. The second-order valence-electron chi connectivity index (χ2n) is 6.35. The number of amides is 1. The molecule has 1 aromatic carbocycles. The van der Waals surface area contributed by atoms with Crippen LogP contribution in [0.3, 0.4) is 0 Å². The summed E-state index contributed by atoms with van der Waals surface area (Å²) in [5, 5.41) is 0. The molecule has 0 unspecified atom stereocenters. The van der Waals surface area contributed by atoms with Crippen molar-refractivity contribution in [3.63, 3.8) is 0 Å². The van der Waals surface area contributed by atoms with Crippen LogP contribution in [0.15, 0.2) is 33.5 Å². The van der Waals surface area contributed by atoms with Crippen LogP contribution in [0.25, 0.3) is 11.1 Å². The molecule has 0 aliphatic carbocycles. The van der Waals surface area contributed by atoms with Gasteiger partial charge in [0, 0.05) is 18.8 Å². The third-order valence-corrected chi connectivity index (χ3v) is 5.40. The molecular formula is C17H23N3O3S. The van der Waals surface area contributed by atoms with Crippen LogP contribution >= 0.6 is 11.8 Å². The van der Waals surface area contributed by atoms with E-state index in [-0.39, 0.29) is 18.5 Å². The van der Waals surface area contributed by atoms with Gasteiger partial charge < -0.3 is 14.2 Å². The fourth-order valence-electron chi connectivity index (χ4n) is 3.12. The van der Waals surface area contributed by atoms with E-state index in [2.05, 4.69) is 4.90 Å². The maximum Gasteiger partial charge on any atom is 0.420 e. The predicted octanol–water partition coefficient (Wildman–Crippen LogP) is 1.49. The Kier molecular flexibility index (Phi) is 5.30. The second kappa shape index (κ2) is 7.44. The molecular weight excluding hydrogens is 326 g/mol. The number of fused-ring (bicyclic) bond motifs is 1. The zero-order valence-electron chi connectivity index (χ0n) is 14.1. The highest BCUT2D eigenvalue weighted by atomic mass is 32.2. The Balaban J connectivity index is 1.83. The molecule has 24 heavy (non-hydrogen) atoms. The van der Waals surface area contributed by atoms with Crippen LogP contribution in [-0.2, 0) is 11.3 Å². The lowest BCUT2D eigenvalue weighted by Gasteiger charge is -2.31. The van der Waals surface area contributed by atoms with E-state index in [1.54, 1.807) is 6.07 Å². The van der Waals surface area contributed by atoms with Gasteiger partial charge in [0.2, 0.25) is 5.91 Å². The number of carbonyl (C=O) groups is 1. The number of hydrogen-bond donors (Lipinski definition) is 0. The Labute approximate surface area is 145 Å². The maximum atomic E-state index is 12.9. The minimum absolute atomic E-state index is 0.0157. The molecule has 1 aliphatic rings. The molecule has 0 saturated carbocycles. The van der Waals surface area contributed by atoms with Gasteiger partial charge in [0.05, 0.1) is 11.6 Å². The number of oxazole rings is 1. The first-order chi connectivity index (χ1) is 11.6. The van der Waals surface area contributed by atoms with Gasteiger partial charge in [-0.2, -0.15) is 11.8 Å². The number of thioether (sulfide) groups is 1. The van der Waals surface area contributed by atoms with E-state index in [0.717, 1.165) is 31.0 Å². The molecule has 1 amide bonds. The second-order valence-corrected chi connectivity index (χ2v) is 7.50. The van der Waals surface area contributed by atoms with Crippen LogP contribution in [0.1, 0.15) is 6.42 Å². The third-order valence-electron chi connectivity index (χ3n) is 4.20. The van der Waals surface area contributed by atoms with Gasteiger partial charge in [0.15, 0.2) is 5.58 Å². The molecule has 3 rings (SSSR count). The van der Waals surface area contributed by atoms with E-state index in [1.807, 2.05) is 49.0 Å². The quantitative estimate of drug-likeness (QED) is 0.837. The minimum Gasteiger partial charge on any atom is -0.408 e. The van der Waals surface area contributed by atoms with Crippen molar-refractivity contribution in [2.45, 2.75) is 19.0 Å². The molecule has 0 radical (unpaired) electrons. The summed E-state index contributed by atoms with van der Waals surface area (Å²) in [6.07, 6.45) is 0.987.